The van der Waals surface area contributed by atoms with E-state index in [2.05, 4.69) is 68.9 Å². The summed E-state index contributed by atoms with van der Waals surface area (Å²) in [5, 5.41) is 69.6. The highest BCUT2D eigenvalue weighted by molar-refractivity contribution is 6.03. The maximum Gasteiger partial charge on any atom is 0.331 e. The fraction of sp³-hybridized carbons (Fsp3) is 0.481. The molecule has 1 aliphatic heterocycles. The Morgan fingerprint density at radius 3 is 1.97 bits per heavy atom. The molecular weight excluding hydrogens is 1360 g/mol. The van der Waals surface area contributed by atoms with Gasteiger partial charge >= 0.3 is 23.9 Å². The van der Waals surface area contributed by atoms with Crippen molar-refractivity contribution in [3.05, 3.63) is 165 Å². The van der Waals surface area contributed by atoms with Crippen LogP contribution in [-0.4, -0.2) is 198 Å². The molecule has 1 heterocycles. The van der Waals surface area contributed by atoms with Crippen LogP contribution in [0.3, 0.4) is 0 Å². The predicted molar refractivity (Wildman–Crippen MR) is 382 cm³/mol. The van der Waals surface area contributed by atoms with Gasteiger partial charge in [0.2, 0.25) is 11.8 Å². The number of carbonyl (C=O) groups is 8. The number of nitrogens with one attached hydrogen (secondary N) is 6. The zero-order valence-corrected chi connectivity index (χ0v) is 59.4. The van der Waals surface area contributed by atoms with Crippen molar-refractivity contribution in [2.45, 2.75) is 108 Å². The molecule has 8 unspecified atom stereocenters. The van der Waals surface area contributed by atoms with E-state index in [0.717, 1.165) is 57.7 Å². The molecule has 8 bridgehead atoms. The summed E-state index contributed by atoms with van der Waals surface area (Å²) in [4.78, 5) is 109. The molecule has 9 rings (SSSR count). The maximum atomic E-state index is 15.2. The summed E-state index contributed by atoms with van der Waals surface area (Å²) in [6.07, 6.45) is 17.9. The molecule has 28 nitrogen and oxygen atoms in total. The molecule has 0 aromatic heterocycles. The Labute approximate surface area is 608 Å². The third-order valence-electron chi connectivity index (χ3n) is 19.3. The number of esters is 2. The molecule has 6 aliphatic rings. The van der Waals surface area contributed by atoms with E-state index in [1.807, 2.05) is 48.6 Å². The van der Waals surface area contributed by atoms with Crippen LogP contribution in [0.25, 0.3) is 22.5 Å². The number of hydrogen-bond donors (Lipinski definition) is 11. The number of aliphatic hydroxyl groups is 3. The van der Waals surface area contributed by atoms with Crippen molar-refractivity contribution in [1.82, 2.24) is 31.9 Å². The lowest BCUT2D eigenvalue weighted by molar-refractivity contribution is -0.183. The van der Waals surface area contributed by atoms with E-state index in [0.29, 0.717) is 36.1 Å². The monoisotopic (exact) mass is 1460 g/mol. The van der Waals surface area contributed by atoms with Gasteiger partial charge in [-0.3, -0.25) is 38.9 Å². The van der Waals surface area contributed by atoms with E-state index >= 15 is 19.2 Å². The molecule has 0 saturated heterocycles. The molecule has 566 valence electrons. The molecule has 0 radical (unpaired) electrons. The largest absolute Gasteiger partial charge is 0.481 e. The summed E-state index contributed by atoms with van der Waals surface area (Å²) in [5.74, 6) is -8.04. The standard InChI is InChI=1S/C77H96N6O22/c1-47-49-31-48(37-82-76(104-30-23-68(88)89,43-100-26-21-66(84)85)44-101-27-22-67(86)87)32-50(33-49)72(93)79-39-63-58-17-9-11-19-60(58)65(61-20-12-10-18-59(61)63)41-81-74(95)52-34-51(73(94)80-40-64-56-15-7-5-13-54(56)62(38-78-47)55-14-6-8-16-57(55)64)35-53(36-52)75(96)83-77(105-42-71(92)99-4,45-102-28-24-69(90)97-2)46-103-29-25-70(91)98-3/h5,7-9,11-13,15-17,19-20,31-34,36,53,58,60,63,65-66,69,78,82,84-85,90H,1,6,10,14,18,21-30,35,37-46H2,2-4H3,(H,79,93)(H,80,94)(H,81,95)(H,83,96)(H,86,87)(H,88,89). The summed E-state index contributed by atoms with van der Waals surface area (Å²) in [6, 6.07) is 13.1. The van der Waals surface area contributed by atoms with Gasteiger partial charge in [-0.1, -0.05) is 91.1 Å². The van der Waals surface area contributed by atoms with E-state index in [1.54, 1.807) is 12.1 Å². The summed E-state index contributed by atoms with van der Waals surface area (Å²) in [7, 11) is 3.69. The van der Waals surface area contributed by atoms with E-state index in [1.165, 1.54) is 26.4 Å². The molecular formula is C77H96N6O22. The topological polar surface area (TPSA) is 393 Å². The van der Waals surface area contributed by atoms with Gasteiger partial charge in [0.05, 0.1) is 98.9 Å². The van der Waals surface area contributed by atoms with Crippen LogP contribution >= 0.6 is 0 Å². The zero-order valence-electron chi connectivity index (χ0n) is 59.4. The highest BCUT2D eigenvalue weighted by Gasteiger charge is 2.44. The Morgan fingerprint density at radius 2 is 1.27 bits per heavy atom. The smallest absolute Gasteiger partial charge is 0.331 e. The molecule has 0 fully saturated rings. The lowest BCUT2D eigenvalue weighted by atomic mass is 9.60. The molecule has 0 saturated carbocycles. The third kappa shape index (κ3) is 22.0. The number of carbonyl (C=O) groups excluding carboxylic acids is 6. The van der Waals surface area contributed by atoms with Gasteiger partial charge in [0, 0.05) is 86.9 Å². The highest BCUT2D eigenvalue weighted by atomic mass is 16.6. The van der Waals surface area contributed by atoms with Crippen LogP contribution in [0.4, 0.5) is 0 Å². The minimum atomic E-state index is -1.97. The minimum Gasteiger partial charge on any atom is -0.481 e. The number of benzene rings is 3. The molecule has 0 spiro atoms. The fourth-order valence-electron chi connectivity index (χ4n) is 13.9. The number of hydrogen-bond acceptors (Lipinski definition) is 22. The number of fused-ring (bicyclic) bond motifs is 9. The first-order valence-electron chi connectivity index (χ1n) is 35.2. The molecule has 105 heavy (non-hydrogen) atoms. The van der Waals surface area contributed by atoms with Crippen LogP contribution in [-0.2, 0) is 102 Å². The molecule has 3 aromatic carbocycles. The number of aliphatic hydroxyl groups excluding tert-OH is 2. The van der Waals surface area contributed by atoms with Gasteiger partial charge < -0.3 is 94.7 Å². The van der Waals surface area contributed by atoms with Gasteiger partial charge in [0.15, 0.2) is 24.0 Å². The van der Waals surface area contributed by atoms with E-state index in [-0.39, 0.29) is 151 Å². The van der Waals surface area contributed by atoms with E-state index < -0.39 is 104 Å². The second kappa shape index (κ2) is 38.8. The van der Waals surface area contributed by atoms with Crippen molar-refractivity contribution >= 4 is 70.1 Å². The van der Waals surface area contributed by atoms with Gasteiger partial charge in [0.1, 0.15) is 6.61 Å². The normalized spacial score (nSPS) is 21.0. The number of methoxy groups -OCH3 is 3. The SMILES string of the molecule is C=C1NCc2c3c(c(c4ccccc24)CNC(=O)C2=CC(=CC(C(=O)NC(COCCC(=O)OC)(COCCC(O)OC)OCC(=O)OC)C2)C(=O)NCC2C4=C(CCC=C4)C(CNC(=O)c4cc(CNC(COCCC(=O)O)(COCCC(O)O)OCCC(=O)O)cc1c4)C1C=CC=CC21)C=CCC3. The summed E-state index contributed by atoms with van der Waals surface area (Å²) >= 11 is 0. The van der Waals surface area contributed by atoms with Crippen molar-refractivity contribution in [3.63, 3.8) is 0 Å². The number of carboxylic acid groups (broad SMARTS) is 2. The fourth-order valence-corrected chi connectivity index (χ4v) is 13.9. The summed E-state index contributed by atoms with van der Waals surface area (Å²) in [5.41, 5.74) is 4.06. The Bertz CT molecular complexity index is 3890. The van der Waals surface area contributed by atoms with Gasteiger partial charge in [-0.15, -0.1) is 0 Å². The van der Waals surface area contributed by atoms with Crippen molar-refractivity contribution in [2.24, 2.45) is 29.6 Å². The Hall–Kier alpha value is -9.04. The molecule has 28 heteroatoms. The van der Waals surface area contributed by atoms with Crippen LogP contribution in [0, 0.1) is 29.6 Å². The van der Waals surface area contributed by atoms with E-state index in [9.17, 15) is 44.7 Å². The number of rotatable bonds is 33. The number of ether oxygens (including phenoxy) is 9. The van der Waals surface area contributed by atoms with Crippen molar-refractivity contribution in [2.75, 3.05) is 100 Å². The number of allylic oxidation sites excluding steroid dienone is 7. The molecule has 4 amide bonds. The number of amides is 4. The average Bonchev–Trinajstić information content (AvgIpc) is 0.760. The molecule has 5 aliphatic carbocycles. The minimum absolute atomic E-state index is 0.00240. The van der Waals surface area contributed by atoms with E-state index in [4.69, 9.17) is 42.6 Å². The number of aliphatic carboxylic acids is 2. The predicted octanol–water partition coefficient (Wildman–Crippen LogP) is 4.60. The second-order valence-electron chi connectivity index (χ2n) is 26.5. The lowest BCUT2D eigenvalue weighted by Crippen LogP contribution is -2.59. The average molecular weight is 1460 g/mol. The maximum absolute atomic E-state index is 15.2. The first-order valence-corrected chi connectivity index (χ1v) is 35.2. The molecule has 8 atom stereocenters. The first kappa shape index (κ1) is 80.1. The van der Waals surface area contributed by atoms with Gasteiger partial charge in [-0.2, -0.15) is 0 Å². The van der Waals surface area contributed by atoms with Crippen LogP contribution in [0.1, 0.15) is 102 Å². The first-order chi connectivity index (χ1) is 50.6. The Balaban J connectivity index is 1.10. The highest BCUT2D eigenvalue weighted by Crippen LogP contribution is 2.48. The van der Waals surface area contributed by atoms with Crippen molar-refractivity contribution in [1.29, 1.82) is 0 Å². The zero-order chi connectivity index (χ0) is 75.0. The lowest BCUT2D eigenvalue weighted by Gasteiger charge is -2.45. The number of carboxylic acids is 2. The van der Waals surface area contributed by atoms with Crippen molar-refractivity contribution < 1.29 is 107 Å². The van der Waals surface area contributed by atoms with Gasteiger partial charge in [-0.25, -0.2) is 4.79 Å². The summed E-state index contributed by atoms with van der Waals surface area (Å²) in [6.45, 7) is 1.78. The quantitative estimate of drug-likeness (QED) is 0.0225. The molecule has 11 N–H and O–H groups in total. The molecule has 3 aromatic rings. The Kier molecular flexibility index (Phi) is 29.6. The second-order valence-corrected chi connectivity index (χ2v) is 26.5. The Morgan fingerprint density at radius 1 is 0.648 bits per heavy atom. The van der Waals surface area contributed by atoms with Crippen LogP contribution in [0.15, 0.2) is 126 Å². The van der Waals surface area contributed by atoms with Crippen molar-refractivity contribution in [3.8, 4) is 0 Å². The third-order valence-corrected chi connectivity index (χ3v) is 19.3. The van der Waals surface area contributed by atoms with Gasteiger partial charge in [0.25, 0.3) is 11.8 Å². The summed E-state index contributed by atoms with van der Waals surface area (Å²) < 4.78 is 50.6. The van der Waals surface area contributed by atoms with Gasteiger partial charge in [-0.05, 0) is 118 Å². The van der Waals surface area contributed by atoms with Crippen LogP contribution in [0.5, 0.6) is 0 Å². The van der Waals surface area contributed by atoms with Crippen LogP contribution < -0.4 is 31.9 Å². The van der Waals surface area contributed by atoms with Crippen LogP contribution in [0.2, 0.25) is 0 Å².